The van der Waals surface area contributed by atoms with Crippen molar-refractivity contribution in [2.45, 2.75) is 38.1 Å². The molecule has 0 radical (unpaired) electrons. The molecule has 0 aliphatic carbocycles. The lowest BCUT2D eigenvalue weighted by Gasteiger charge is -2.37. The summed E-state index contributed by atoms with van der Waals surface area (Å²) in [5.41, 5.74) is 6.13. The molecule has 0 saturated carbocycles. The number of aliphatic hydroxyl groups excluding tert-OH is 1. The lowest BCUT2D eigenvalue weighted by atomic mass is 9.70. The van der Waals surface area contributed by atoms with E-state index in [1.54, 1.807) is 12.1 Å². The monoisotopic (exact) mass is 225 g/mol. The van der Waals surface area contributed by atoms with E-state index in [-0.39, 0.29) is 18.5 Å². The predicted octanol–water partition coefficient (Wildman–Crippen LogP) is 2.20. The van der Waals surface area contributed by atoms with Crippen LogP contribution >= 0.6 is 0 Å². The summed E-state index contributed by atoms with van der Waals surface area (Å²) in [4.78, 5) is 0. The zero-order chi connectivity index (χ0) is 12.2. The number of hydrogen-bond donors (Lipinski definition) is 2. The van der Waals surface area contributed by atoms with Crippen molar-refractivity contribution in [1.82, 2.24) is 0 Å². The maximum Gasteiger partial charge on any atom is 0.127 e. The van der Waals surface area contributed by atoms with Gasteiger partial charge in [0, 0.05) is 18.1 Å². The van der Waals surface area contributed by atoms with Crippen molar-refractivity contribution in [2.24, 2.45) is 5.73 Å². The molecule has 0 amide bonds. The van der Waals surface area contributed by atoms with Gasteiger partial charge in [0.1, 0.15) is 5.82 Å². The van der Waals surface area contributed by atoms with E-state index in [0.717, 1.165) is 0 Å². The number of hydrogen-bond acceptors (Lipinski definition) is 2. The first-order valence-electron chi connectivity index (χ1n) is 5.70. The summed E-state index contributed by atoms with van der Waals surface area (Å²) < 4.78 is 13.8. The van der Waals surface area contributed by atoms with Crippen LogP contribution in [-0.2, 0) is 5.41 Å². The minimum Gasteiger partial charge on any atom is -0.396 e. The second-order valence-electron chi connectivity index (χ2n) is 4.25. The molecular weight excluding hydrogens is 205 g/mol. The maximum atomic E-state index is 13.8. The molecular formula is C13H20FNO. The first-order valence-corrected chi connectivity index (χ1v) is 5.70. The Morgan fingerprint density at radius 2 is 2.06 bits per heavy atom. The summed E-state index contributed by atoms with van der Waals surface area (Å²) >= 11 is 0. The van der Waals surface area contributed by atoms with Crippen LogP contribution in [0.25, 0.3) is 0 Å². The molecule has 0 bridgehead atoms. The third-order valence-corrected chi connectivity index (χ3v) is 3.47. The van der Waals surface area contributed by atoms with Gasteiger partial charge in [-0.1, -0.05) is 25.1 Å². The largest absolute Gasteiger partial charge is 0.396 e. The smallest absolute Gasteiger partial charge is 0.127 e. The fraction of sp³-hybridized carbons (Fsp3) is 0.538. The molecule has 2 unspecified atom stereocenters. The third kappa shape index (κ3) is 2.25. The zero-order valence-electron chi connectivity index (χ0n) is 9.91. The number of aliphatic hydroxyl groups is 1. The summed E-state index contributed by atoms with van der Waals surface area (Å²) in [6, 6.07) is 6.49. The molecule has 0 aliphatic heterocycles. The average Bonchev–Trinajstić information content (AvgIpc) is 2.26. The van der Waals surface area contributed by atoms with E-state index in [1.807, 2.05) is 19.9 Å². The fourth-order valence-corrected chi connectivity index (χ4v) is 2.36. The molecule has 90 valence electrons. The fourth-order valence-electron chi connectivity index (χ4n) is 2.36. The number of nitrogens with two attached hydrogens (primary N) is 1. The second-order valence-corrected chi connectivity index (χ2v) is 4.25. The molecule has 3 N–H and O–H groups in total. The van der Waals surface area contributed by atoms with Crippen LogP contribution in [0.4, 0.5) is 4.39 Å². The molecule has 0 fully saturated rings. The van der Waals surface area contributed by atoms with Gasteiger partial charge in [-0.2, -0.15) is 0 Å². The molecule has 3 heteroatoms. The van der Waals surface area contributed by atoms with Crippen LogP contribution in [0.3, 0.4) is 0 Å². The van der Waals surface area contributed by atoms with Crippen LogP contribution in [0.5, 0.6) is 0 Å². The molecule has 0 spiro atoms. The summed E-state index contributed by atoms with van der Waals surface area (Å²) in [5, 5.41) is 9.16. The van der Waals surface area contributed by atoms with Gasteiger partial charge in [0.2, 0.25) is 0 Å². The van der Waals surface area contributed by atoms with Crippen molar-refractivity contribution in [1.29, 1.82) is 0 Å². The van der Waals surface area contributed by atoms with Gasteiger partial charge in [0.15, 0.2) is 0 Å². The Kier molecular flexibility index (Phi) is 4.44. The Morgan fingerprint density at radius 3 is 2.50 bits per heavy atom. The average molecular weight is 225 g/mol. The molecule has 0 aromatic heterocycles. The van der Waals surface area contributed by atoms with Crippen LogP contribution in [0.1, 0.15) is 32.3 Å². The highest BCUT2D eigenvalue weighted by atomic mass is 19.1. The van der Waals surface area contributed by atoms with Crippen molar-refractivity contribution in [3.8, 4) is 0 Å². The first kappa shape index (κ1) is 13.1. The Hall–Kier alpha value is -0.930. The minimum atomic E-state index is -0.472. The summed E-state index contributed by atoms with van der Waals surface area (Å²) in [7, 11) is 0. The highest BCUT2D eigenvalue weighted by Crippen LogP contribution is 2.35. The van der Waals surface area contributed by atoms with Crippen LogP contribution in [-0.4, -0.2) is 17.8 Å². The molecule has 0 aliphatic rings. The van der Waals surface area contributed by atoms with E-state index in [4.69, 9.17) is 10.8 Å². The Labute approximate surface area is 96.3 Å². The van der Waals surface area contributed by atoms with Crippen molar-refractivity contribution < 1.29 is 9.50 Å². The predicted molar refractivity (Wildman–Crippen MR) is 63.7 cm³/mol. The van der Waals surface area contributed by atoms with E-state index in [9.17, 15) is 4.39 Å². The summed E-state index contributed by atoms with van der Waals surface area (Å²) in [5.74, 6) is -0.241. The van der Waals surface area contributed by atoms with Gasteiger partial charge < -0.3 is 10.8 Å². The Balaban J connectivity index is 3.24. The summed E-state index contributed by atoms with van der Waals surface area (Å²) in [6.45, 7) is 3.86. The van der Waals surface area contributed by atoms with Crippen molar-refractivity contribution >= 4 is 0 Å². The molecule has 1 aromatic rings. The van der Waals surface area contributed by atoms with Gasteiger partial charge >= 0.3 is 0 Å². The lowest BCUT2D eigenvalue weighted by Crippen LogP contribution is -2.44. The first-order chi connectivity index (χ1) is 7.58. The van der Waals surface area contributed by atoms with E-state index in [0.29, 0.717) is 18.4 Å². The molecule has 1 rings (SSSR count). The van der Waals surface area contributed by atoms with Crippen LogP contribution in [0.15, 0.2) is 24.3 Å². The van der Waals surface area contributed by atoms with Crippen molar-refractivity contribution in [3.63, 3.8) is 0 Å². The Morgan fingerprint density at radius 1 is 1.44 bits per heavy atom. The van der Waals surface area contributed by atoms with Crippen LogP contribution in [0.2, 0.25) is 0 Å². The second kappa shape index (κ2) is 5.41. The van der Waals surface area contributed by atoms with E-state index < -0.39 is 5.41 Å². The molecule has 16 heavy (non-hydrogen) atoms. The van der Waals surface area contributed by atoms with E-state index in [2.05, 4.69) is 0 Å². The van der Waals surface area contributed by atoms with Gasteiger partial charge in [-0.05, 0) is 31.4 Å². The SMILES string of the molecule is CCC(CCO)(c1ccccc1F)C(C)N. The molecule has 1 aromatic carbocycles. The normalized spacial score (nSPS) is 16.8. The molecule has 0 saturated heterocycles. The van der Waals surface area contributed by atoms with Crippen LogP contribution < -0.4 is 5.73 Å². The molecule has 0 heterocycles. The zero-order valence-corrected chi connectivity index (χ0v) is 9.91. The van der Waals surface area contributed by atoms with E-state index >= 15 is 0 Å². The number of rotatable bonds is 5. The minimum absolute atomic E-state index is 0.0176. The van der Waals surface area contributed by atoms with Gasteiger partial charge in [0.05, 0.1) is 0 Å². The standard InChI is InChI=1S/C13H20FNO/c1-3-13(8-9-16,10(2)15)11-6-4-5-7-12(11)14/h4-7,10,16H,3,8-9,15H2,1-2H3. The molecule has 2 atom stereocenters. The van der Waals surface area contributed by atoms with Crippen molar-refractivity contribution in [3.05, 3.63) is 35.6 Å². The highest BCUT2D eigenvalue weighted by Gasteiger charge is 2.35. The third-order valence-electron chi connectivity index (χ3n) is 3.47. The van der Waals surface area contributed by atoms with Gasteiger partial charge in [-0.3, -0.25) is 0 Å². The Bertz CT molecular complexity index is 340. The summed E-state index contributed by atoms with van der Waals surface area (Å²) in [6.07, 6.45) is 1.20. The van der Waals surface area contributed by atoms with Gasteiger partial charge in [-0.25, -0.2) is 4.39 Å². The quantitative estimate of drug-likeness (QED) is 0.807. The lowest BCUT2D eigenvalue weighted by molar-refractivity contribution is 0.210. The van der Waals surface area contributed by atoms with Crippen LogP contribution in [0, 0.1) is 5.82 Å². The van der Waals surface area contributed by atoms with Gasteiger partial charge in [-0.15, -0.1) is 0 Å². The van der Waals surface area contributed by atoms with Gasteiger partial charge in [0.25, 0.3) is 0 Å². The van der Waals surface area contributed by atoms with E-state index in [1.165, 1.54) is 6.07 Å². The maximum absolute atomic E-state index is 13.8. The van der Waals surface area contributed by atoms with Crippen molar-refractivity contribution in [2.75, 3.05) is 6.61 Å². The number of benzene rings is 1. The molecule has 2 nitrogen and oxygen atoms in total. The number of halogens is 1. The highest BCUT2D eigenvalue weighted by molar-refractivity contribution is 5.29. The topological polar surface area (TPSA) is 46.2 Å².